The fourth-order valence-corrected chi connectivity index (χ4v) is 4.63. The minimum absolute atomic E-state index is 0.0204. The first-order chi connectivity index (χ1) is 13.4. The molecule has 1 unspecified atom stereocenters. The Morgan fingerprint density at radius 3 is 2.89 bits per heavy atom. The molecule has 1 amide bonds. The zero-order valence-corrected chi connectivity index (χ0v) is 17.7. The third kappa shape index (κ3) is 3.66. The molecule has 0 N–H and O–H groups in total. The van der Waals surface area contributed by atoms with Gasteiger partial charge in [-0.15, -0.1) is 11.3 Å². The van der Waals surface area contributed by atoms with Crippen LogP contribution in [0.15, 0.2) is 17.6 Å². The van der Waals surface area contributed by atoms with Crippen LogP contribution >= 0.6 is 11.3 Å². The summed E-state index contributed by atoms with van der Waals surface area (Å²) in [4.78, 5) is 26.3. The van der Waals surface area contributed by atoms with Crippen molar-refractivity contribution in [1.82, 2.24) is 29.4 Å². The molecule has 1 aliphatic rings. The van der Waals surface area contributed by atoms with Crippen LogP contribution in [0.4, 0.5) is 0 Å². The van der Waals surface area contributed by atoms with E-state index < -0.39 is 0 Å². The predicted molar refractivity (Wildman–Crippen MR) is 109 cm³/mol. The van der Waals surface area contributed by atoms with E-state index >= 15 is 0 Å². The molecule has 3 aromatic heterocycles. The molecular formula is C20H26N6OS. The van der Waals surface area contributed by atoms with Gasteiger partial charge in [0, 0.05) is 36.3 Å². The van der Waals surface area contributed by atoms with Crippen LogP contribution < -0.4 is 0 Å². The maximum atomic E-state index is 13.1. The molecule has 0 radical (unpaired) electrons. The SMILES string of the molecule is Cc1cc2ncc(CN(C)C)c(C3CCCN3C(=O)Cc3csc(C)n3)n2n1. The van der Waals surface area contributed by atoms with Crippen molar-refractivity contribution in [3.05, 3.63) is 45.3 Å². The summed E-state index contributed by atoms with van der Waals surface area (Å²) in [5.41, 5.74) is 4.84. The van der Waals surface area contributed by atoms with E-state index in [1.807, 2.05) is 55.0 Å². The summed E-state index contributed by atoms with van der Waals surface area (Å²) in [6.45, 7) is 5.49. The van der Waals surface area contributed by atoms with E-state index in [4.69, 9.17) is 5.10 Å². The van der Waals surface area contributed by atoms with E-state index in [0.717, 1.165) is 59.2 Å². The van der Waals surface area contributed by atoms with Gasteiger partial charge in [-0.1, -0.05) is 0 Å². The number of carbonyl (C=O) groups excluding carboxylic acids is 1. The van der Waals surface area contributed by atoms with E-state index in [1.54, 1.807) is 11.3 Å². The van der Waals surface area contributed by atoms with Crippen LogP contribution in [-0.2, 0) is 17.8 Å². The highest BCUT2D eigenvalue weighted by molar-refractivity contribution is 7.09. The lowest BCUT2D eigenvalue weighted by atomic mass is 10.0. The maximum absolute atomic E-state index is 13.1. The summed E-state index contributed by atoms with van der Waals surface area (Å²) in [5.74, 6) is 0.137. The van der Waals surface area contributed by atoms with Gasteiger partial charge in [-0.25, -0.2) is 14.5 Å². The Hall–Kier alpha value is -2.32. The zero-order valence-electron chi connectivity index (χ0n) is 16.8. The second kappa shape index (κ2) is 7.60. The molecule has 1 fully saturated rings. The summed E-state index contributed by atoms with van der Waals surface area (Å²) in [6.07, 6.45) is 4.24. The van der Waals surface area contributed by atoms with Crippen LogP contribution in [0.1, 0.15) is 46.5 Å². The lowest BCUT2D eigenvalue weighted by Gasteiger charge is -2.27. The second-order valence-electron chi connectivity index (χ2n) is 7.74. The van der Waals surface area contributed by atoms with Crippen LogP contribution in [0.3, 0.4) is 0 Å². The number of carbonyl (C=O) groups is 1. The largest absolute Gasteiger partial charge is 0.334 e. The van der Waals surface area contributed by atoms with E-state index in [1.165, 1.54) is 0 Å². The van der Waals surface area contributed by atoms with Gasteiger partial charge in [-0.3, -0.25) is 4.79 Å². The quantitative estimate of drug-likeness (QED) is 0.661. The summed E-state index contributed by atoms with van der Waals surface area (Å²) >= 11 is 1.59. The van der Waals surface area contributed by atoms with Crippen LogP contribution in [0, 0.1) is 13.8 Å². The molecule has 0 bridgehead atoms. The lowest BCUT2D eigenvalue weighted by molar-refractivity contribution is -0.131. The normalized spacial score (nSPS) is 17.2. The standard InChI is InChI=1S/C20H26N6OS/c1-13-8-18-21-10-15(11-24(3)4)20(26(18)23-13)17-6-5-7-25(17)19(27)9-16-12-28-14(2)22-16/h8,10,12,17H,5-7,9,11H2,1-4H3. The summed E-state index contributed by atoms with van der Waals surface area (Å²) in [6, 6.07) is 2.01. The maximum Gasteiger partial charge on any atom is 0.229 e. The smallest absolute Gasteiger partial charge is 0.229 e. The fourth-order valence-electron chi connectivity index (χ4n) is 4.01. The summed E-state index contributed by atoms with van der Waals surface area (Å²) in [5, 5.41) is 7.67. The van der Waals surface area contributed by atoms with Crippen molar-refractivity contribution >= 4 is 22.9 Å². The average Bonchev–Trinajstić information content (AvgIpc) is 3.33. The van der Waals surface area contributed by atoms with Gasteiger partial charge < -0.3 is 9.80 Å². The third-order valence-electron chi connectivity index (χ3n) is 5.10. The van der Waals surface area contributed by atoms with Gasteiger partial charge in [0.15, 0.2) is 5.65 Å². The number of likely N-dealkylation sites (tertiary alicyclic amines) is 1. The Kier molecular flexibility index (Phi) is 5.16. The first-order valence-corrected chi connectivity index (χ1v) is 10.5. The topological polar surface area (TPSA) is 66.6 Å². The predicted octanol–water partition coefficient (Wildman–Crippen LogP) is 2.77. The number of aryl methyl sites for hydroxylation is 2. The van der Waals surface area contributed by atoms with Crippen LogP contribution in [0.25, 0.3) is 5.65 Å². The number of hydrogen-bond donors (Lipinski definition) is 0. The van der Waals surface area contributed by atoms with Crippen molar-refractivity contribution in [3.8, 4) is 0 Å². The van der Waals surface area contributed by atoms with Crippen LogP contribution in [0.2, 0.25) is 0 Å². The van der Waals surface area contributed by atoms with Crippen LogP contribution in [0.5, 0.6) is 0 Å². The first-order valence-electron chi connectivity index (χ1n) is 9.61. The molecule has 0 aromatic carbocycles. The number of hydrogen-bond acceptors (Lipinski definition) is 6. The van der Waals surface area contributed by atoms with E-state index in [2.05, 4.69) is 14.9 Å². The van der Waals surface area contributed by atoms with Crippen molar-refractivity contribution < 1.29 is 4.79 Å². The Balaban J connectivity index is 1.71. The van der Waals surface area contributed by atoms with Crippen LogP contribution in [-0.4, -0.2) is 55.9 Å². The number of thiazole rings is 1. The highest BCUT2D eigenvalue weighted by Crippen LogP contribution is 2.35. The number of rotatable bonds is 5. The Bertz CT molecular complexity index is 1010. The van der Waals surface area contributed by atoms with Crippen molar-refractivity contribution in [2.75, 3.05) is 20.6 Å². The molecule has 0 aliphatic carbocycles. The van der Waals surface area contributed by atoms with Gasteiger partial charge in [0.1, 0.15) is 0 Å². The van der Waals surface area contributed by atoms with Gasteiger partial charge in [0.05, 0.1) is 34.6 Å². The van der Waals surface area contributed by atoms with Crippen molar-refractivity contribution in [1.29, 1.82) is 0 Å². The molecular weight excluding hydrogens is 372 g/mol. The van der Waals surface area contributed by atoms with E-state index in [0.29, 0.717) is 6.42 Å². The monoisotopic (exact) mass is 398 g/mol. The number of nitrogens with zero attached hydrogens (tertiary/aromatic N) is 6. The fraction of sp³-hybridized carbons (Fsp3) is 0.500. The molecule has 0 saturated carbocycles. The molecule has 4 heterocycles. The Morgan fingerprint density at radius 1 is 1.36 bits per heavy atom. The van der Waals surface area contributed by atoms with Gasteiger partial charge in [-0.2, -0.15) is 5.10 Å². The Labute approximate surface area is 169 Å². The van der Waals surface area contributed by atoms with Gasteiger partial charge >= 0.3 is 0 Å². The number of amides is 1. The summed E-state index contributed by atoms with van der Waals surface area (Å²) < 4.78 is 1.94. The molecule has 1 atom stereocenters. The first kappa shape index (κ1) is 19.0. The van der Waals surface area contributed by atoms with Gasteiger partial charge in [-0.05, 0) is 40.8 Å². The van der Waals surface area contributed by atoms with Gasteiger partial charge in [0.2, 0.25) is 5.91 Å². The number of fused-ring (bicyclic) bond motifs is 1. The zero-order chi connectivity index (χ0) is 19.8. The van der Waals surface area contributed by atoms with E-state index in [9.17, 15) is 4.79 Å². The molecule has 0 spiro atoms. The highest BCUT2D eigenvalue weighted by Gasteiger charge is 2.34. The summed E-state index contributed by atoms with van der Waals surface area (Å²) in [7, 11) is 4.09. The third-order valence-corrected chi connectivity index (χ3v) is 5.92. The lowest BCUT2D eigenvalue weighted by Crippen LogP contribution is -2.34. The minimum Gasteiger partial charge on any atom is -0.334 e. The molecule has 148 valence electrons. The van der Waals surface area contributed by atoms with Gasteiger partial charge in [0.25, 0.3) is 0 Å². The molecule has 1 aliphatic heterocycles. The molecule has 7 nitrogen and oxygen atoms in total. The molecule has 1 saturated heterocycles. The van der Waals surface area contributed by atoms with Crippen molar-refractivity contribution in [2.45, 2.75) is 45.7 Å². The van der Waals surface area contributed by atoms with Crippen molar-refractivity contribution in [2.24, 2.45) is 0 Å². The average molecular weight is 399 g/mol. The molecule has 4 rings (SSSR count). The highest BCUT2D eigenvalue weighted by atomic mass is 32.1. The number of aromatic nitrogens is 4. The minimum atomic E-state index is 0.0204. The molecule has 8 heteroatoms. The molecule has 28 heavy (non-hydrogen) atoms. The molecule has 3 aromatic rings. The van der Waals surface area contributed by atoms with Crippen molar-refractivity contribution in [3.63, 3.8) is 0 Å². The van der Waals surface area contributed by atoms with E-state index in [-0.39, 0.29) is 11.9 Å². The Morgan fingerprint density at radius 2 is 2.18 bits per heavy atom. The second-order valence-corrected chi connectivity index (χ2v) is 8.80.